The summed E-state index contributed by atoms with van der Waals surface area (Å²) in [5.74, 6) is 0.744. The Labute approximate surface area is 168 Å². The average Bonchev–Trinajstić information content (AvgIpc) is 2.74. The normalized spacial score (nSPS) is 16.9. The van der Waals surface area contributed by atoms with Gasteiger partial charge in [0.1, 0.15) is 17.5 Å². The van der Waals surface area contributed by atoms with Crippen molar-refractivity contribution in [3.8, 4) is 6.07 Å². The highest BCUT2D eigenvalue weighted by Crippen LogP contribution is 2.29. The molecule has 150 valence electrons. The van der Waals surface area contributed by atoms with Gasteiger partial charge in [0.05, 0.1) is 0 Å². The van der Waals surface area contributed by atoms with Crippen molar-refractivity contribution in [2.45, 2.75) is 19.5 Å². The molecule has 0 radical (unpaired) electrons. The van der Waals surface area contributed by atoms with Crippen LogP contribution in [0.15, 0.2) is 35.1 Å². The molecule has 1 fully saturated rings. The van der Waals surface area contributed by atoms with Gasteiger partial charge in [-0.15, -0.1) is 0 Å². The number of fused-ring (bicyclic) bond motifs is 1. The minimum Gasteiger partial charge on any atom is -0.465 e. The number of piperazine rings is 1. The molecule has 0 saturated carbocycles. The van der Waals surface area contributed by atoms with Crippen LogP contribution >= 0.6 is 0 Å². The third-order valence-electron chi connectivity index (χ3n) is 5.70. The number of H-pyrrole nitrogens is 1. The Morgan fingerprint density at radius 1 is 1.10 bits per heavy atom. The van der Waals surface area contributed by atoms with Crippen LogP contribution < -0.4 is 10.5 Å². The lowest BCUT2D eigenvalue weighted by atomic mass is 9.95. The van der Waals surface area contributed by atoms with Crippen molar-refractivity contribution < 1.29 is 9.90 Å². The molecule has 4 rings (SSSR count). The lowest BCUT2D eigenvalue weighted by Gasteiger charge is -2.37. The van der Waals surface area contributed by atoms with Crippen molar-refractivity contribution >= 4 is 11.9 Å². The van der Waals surface area contributed by atoms with Gasteiger partial charge in [-0.3, -0.25) is 9.69 Å². The topological polar surface area (TPSA) is 104 Å². The maximum atomic E-state index is 12.6. The van der Waals surface area contributed by atoms with E-state index in [0.717, 1.165) is 36.5 Å². The summed E-state index contributed by atoms with van der Waals surface area (Å²) in [4.78, 5) is 32.3. The van der Waals surface area contributed by atoms with Crippen molar-refractivity contribution in [3.05, 3.63) is 62.9 Å². The minimum atomic E-state index is -0.920. The molecule has 8 heteroatoms. The summed E-state index contributed by atoms with van der Waals surface area (Å²) in [7, 11) is 0. The van der Waals surface area contributed by atoms with E-state index in [2.05, 4.69) is 28.1 Å². The maximum absolute atomic E-state index is 12.6. The molecule has 2 aliphatic rings. The first-order chi connectivity index (χ1) is 14.1. The molecule has 2 aromatic rings. The van der Waals surface area contributed by atoms with Crippen molar-refractivity contribution in [1.29, 1.82) is 5.26 Å². The molecule has 29 heavy (non-hydrogen) atoms. The molecule has 1 aromatic heterocycles. The second kappa shape index (κ2) is 7.97. The van der Waals surface area contributed by atoms with E-state index in [4.69, 9.17) is 5.11 Å². The van der Waals surface area contributed by atoms with E-state index >= 15 is 0 Å². The zero-order valence-corrected chi connectivity index (χ0v) is 16.1. The number of anilines is 1. The van der Waals surface area contributed by atoms with E-state index in [9.17, 15) is 14.9 Å². The molecule has 1 amide bonds. The van der Waals surface area contributed by atoms with Gasteiger partial charge in [-0.05, 0) is 17.5 Å². The third-order valence-corrected chi connectivity index (χ3v) is 5.70. The molecule has 0 bridgehead atoms. The molecule has 0 atom stereocenters. The van der Waals surface area contributed by atoms with E-state index in [1.165, 1.54) is 10.5 Å². The highest BCUT2D eigenvalue weighted by Gasteiger charge is 2.29. The molecule has 2 N–H and O–H groups in total. The Balaban J connectivity index is 1.61. The molecule has 1 saturated heterocycles. The molecule has 0 aliphatic carbocycles. The number of hydrogen-bond acceptors (Lipinski definition) is 5. The van der Waals surface area contributed by atoms with Crippen LogP contribution in [0.1, 0.15) is 22.3 Å². The number of carbonyl (C=O) groups is 1. The van der Waals surface area contributed by atoms with Crippen LogP contribution in [0.5, 0.6) is 0 Å². The van der Waals surface area contributed by atoms with E-state index in [-0.39, 0.29) is 11.1 Å². The quantitative estimate of drug-likeness (QED) is 0.821. The standard InChI is InChI=1S/C21H23N5O3/c22-12-17-18-14-24(13-15-4-2-1-3-5-15)7-6-16(18)19(23-20(17)27)25-8-10-26(11-9-25)21(28)29/h1-5H,6-11,13-14H2,(H,23,27)(H,28,29). The Hall–Kier alpha value is -3.31. The van der Waals surface area contributed by atoms with Crippen molar-refractivity contribution in [2.24, 2.45) is 0 Å². The molecule has 2 aliphatic heterocycles. The number of aromatic nitrogens is 1. The molecule has 0 spiro atoms. The number of amides is 1. The van der Waals surface area contributed by atoms with E-state index < -0.39 is 6.09 Å². The lowest BCUT2D eigenvalue weighted by molar-refractivity contribution is 0.142. The Bertz CT molecular complexity index is 1000. The van der Waals surface area contributed by atoms with E-state index in [1.807, 2.05) is 23.1 Å². The first kappa shape index (κ1) is 19.0. The zero-order chi connectivity index (χ0) is 20.4. The number of nitriles is 1. The summed E-state index contributed by atoms with van der Waals surface area (Å²) >= 11 is 0. The predicted octanol–water partition coefficient (Wildman–Crippen LogP) is 1.60. The number of carboxylic acid groups (broad SMARTS) is 1. The van der Waals surface area contributed by atoms with E-state index in [1.54, 1.807) is 0 Å². The van der Waals surface area contributed by atoms with Gasteiger partial charge in [0, 0.05) is 51.4 Å². The Morgan fingerprint density at radius 3 is 2.48 bits per heavy atom. The average molecular weight is 393 g/mol. The SMILES string of the molecule is N#Cc1c2c(c(N3CCN(C(=O)O)CC3)[nH]c1=O)CCN(Cc1ccccc1)C2. The Kier molecular flexibility index (Phi) is 5.23. The second-order valence-corrected chi connectivity index (χ2v) is 7.45. The van der Waals surface area contributed by atoms with E-state index in [0.29, 0.717) is 32.7 Å². The van der Waals surface area contributed by atoms with Gasteiger partial charge in [0.15, 0.2) is 0 Å². The zero-order valence-electron chi connectivity index (χ0n) is 16.1. The molecular formula is C21H23N5O3. The lowest BCUT2D eigenvalue weighted by Crippen LogP contribution is -2.49. The number of benzene rings is 1. The summed E-state index contributed by atoms with van der Waals surface area (Å²) < 4.78 is 0. The number of nitrogens with zero attached hydrogens (tertiary/aromatic N) is 4. The fourth-order valence-electron chi connectivity index (χ4n) is 4.18. The van der Waals surface area contributed by atoms with Crippen molar-refractivity contribution in [2.75, 3.05) is 37.6 Å². The van der Waals surface area contributed by atoms with Crippen LogP contribution in [-0.2, 0) is 19.5 Å². The highest BCUT2D eigenvalue weighted by atomic mass is 16.4. The fraction of sp³-hybridized carbons (Fsp3) is 0.381. The van der Waals surface area contributed by atoms with Gasteiger partial charge in [0.25, 0.3) is 5.56 Å². The smallest absolute Gasteiger partial charge is 0.407 e. The fourth-order valence-corrected chi connectivity index (χ4v) is 4.18. The summed E-state index contributed by atoms with van der Waals surface area (Å²) in [5, 5.41) is 18.7. The van der Waals surface area contributed by atoms with Gasteiger partial charge in [-0.2, -0.15) is 5.26 Å². The molecule has 8 nitrogen and oxygen atoms in total. The first-order valence-electron chi connectivity index (χ1n) is 9.74. The maximum Gasteiger partial charge on any atom is 0.407 e. The van der Waals surface area contributed by atoms with Gasteiger partial charge < -0.3 is 19.9 Å². The number of nitrogens with one attached hydrogen (secondary N) is 1. The largest absolute Gasteiger partial charge is 0.465 e. The van der Waals surface area contributed by atoms with Gasteiger partial charge in [-0.1, -0.05) is 30.3 Å². The van der Waals surface area contributed by atoms with Crippen LogP contribution in [0.2, 0.25) is 0 Å². The van der Waals surface area contributed by atoms with Crippen LogP contribution in [0, 0.1) is 11.3 Å². The van der Waals surface area contributed by atoms with Gasteiger partial charge in [0.2, 0.25) is 0 Å². The first-order valence-corrected chi connectivity index (χ1v) is 9.74. The minimum absolute atomic E-state index is 0.186. The van der Waals surface area contributed by atoms with Gasteiger partial charge in [-0.25, -0.2) is 4.79 Å². The van der Waals surface area contributed by atoms with Crippen LogP contribution in [0.4, 0.5) is 10.6 Å². The Morgan fingerprint density at radius 2 is 1.83 bits per heavy atom. The predicted molar refractivity (Wildman–Crippen MR) is 108 cm³/mol. The second-order valence-electron chi connectivity index (χ2n) is 7.45. The third kappa shape index (κ3) is 3.82. The molecular weight excluding hydrogens is 370 g/mol. The molecule has 1 aromatic carbocycles. The summed E-state index contributed by atoms with van der Waals surface area (Å²) in [6.45, 7) is 3.99. The van der Waals surface area contributed by atoms with Gasteiger partial charge >= 0.3 is 6.09 Å². The summed E-state index contributed by atoms with van der Waals surface area (Å²) in [6.07, 6.45) is -0.182. The summed E-state index contributed by atoms with van der Waals surface area (Å²) in [6, 6.07) is 12.2. The number of hydrogen-bond donors (Lipinski definition) is 2. The van der Waals surface area contributed by atoms with Crippen molar-refractivity contribution in [1.82, 2.24) is 14.8 Å². The number of aromatic amines is 1. The van der Waals surface area contributed by atoms with Crippen molar-refractivity contribution in [3.63, 3.8) is 0 Å². The van der Waals surface area contributed by atoms with Crippen LogP contribution in [-0.4, -0.2) is 58.7 Å². The molecule has 0 unspecified atom stereocenters. The summed E-state index contributed by atoms with van der Waals surface area (Å²) in [5.41, 5.74) is 2.82. The van der Waals surface area contributed by atoms with Crippen LogP contribution in [0.3, 0.4) is 0 Å². The highest BCUT2D eigenvalue weighted by molar-refractivity contribution is 5.66. The number of rotatable bonds is 3. The monoisotopic (exact) mass is 393 g/mol. The van der Waals surface area contributed by atoms with Crippen LogP contribution in [0.25, 0.3) is 0 Å². The number of pyridine rings is 1. The molecule has 3 heterocycles.